The number of aryl methyl sites for hydroxylation is 1. The van der Waals surface area contributed by atoms with Gasteiger partial charge in [-0.2, -0.15) is 0 Å². The number of ketones is 1. The van der Waals surface area contributed by atoms with Crippen LogP contribution in [0, 0.1) is 5.82 Å². The average Bonchev–Trinajstić information content (AvgIpc) is 3.54. The van der Waals surface area contributed by atoms with Crippen LogP contribution in [-0.2, 0) is 16.8 Å². The fourth-order valence-corrected chi connectivity index (χ4v) is 5.09. The van der Waals surface area contributed by atoms with Gasteiger partial charge >= 0.3 is 0 Å². The number of carbonyl (C=O) groups excluding carboxylic acids is 1. The number of aromatic nitrogens is 2. The maximum atomic E-state index is 14.6. The number of rotatable bonds is 10. The minimum atomic E-state index is -1.14. The second-order valence-electron chi connectivity index (χ2n) is 10.2. The fourth-order valence-electron chi connectivity index (χ4n) is 5.09. The van der Waals surface area contributed by atoms with Crippen molar-refractivity contribution in [1.82, 2.24) is 9.55 Å². The third-order valence-corrected chi connectivity index (χ3v) is 7.38. The summed E-state index contributed by atoms with van der Waals surface area (Å²) in [6.45, 7) is 1.70. The zero-order chi connectivity index (χ0) is 23.0. The van der Waals surface area contributed by atoms with Gasteiger partial charge in [-0.3, -0.25) is 4.79 Å². The van der Waals surface area contributed by atoms with Crippen LogP contribution in [0.2, 0.25) is 0 Å². The van der Waals surface area contributed by atoms with Gasteiger partial charge in [0.1, 0.15) is 17.4 Å². The monoisotopic (exact) mass is 448 g/mol. The van der Waals surface area contributed by atoms with Gasteiger partial charge in [0, 0.05) is 31.4 Å². The van der Waals surface area contributed by atoms with Gasteiger partial charge in [0.25, 0.3) is 0 Å². The number of hydrogen-bond acceptors (Lipinski definition) is 3. The van der Waals surface area contributed by atoms with Crippen LogP contribution < -0.4 is 0 Å². The number of imidazole rings is 1. The fraction of sp³-hybridized carbons (Fsp3) is 0.500. The predicted molar refractivity (Wildman–Crippen MR) is 128 cm³/mol. The third-order valence-electron chi connectivity index (χ3n) is 7.38. The number of carbonyl (C=O) groups is 1. The lowest BCUT2D eigenvalue weighted by atomic mass is 9.89. The van der Waals surface area contributed by atoms with Crippen molar-refractivity contribution < 1.29 is 14.3 Å². The van der Waals surface area contributed by atoms with E-state index in [-0.39, 0.29) is 18.0 Å². The van der Waals surface area contributed by atoms with Crippen molar-refractivity contribution in [3.05, 3.63) is 65.2 Å². The Hall–Kier alpha value is -2.53. The van der Waals surface area contributed by atoms with E-state index in [1.807, 2.05) is 36.4 Å². The lowest BCUT2D eigenvalue weighted by molar-refractivity contribution is -0.123. The second-order valence-corrected chi connectivity index (χ2v) is 10.2. The average molecular weight is 449 g/mol. The maximum Gasteiger partial charge on any atom is 0.136 e. The first-order valence-electron chi connectivity index (χ1n) is 12.4. The van der Waals surface area contributed by atoms with Gasteiger partial charge in [-0.1, -0.05) is 30.3 Å². The van der Waals surface area contributed by atoms with Crippen LogP contribution in [0.5, 0.6) is 0 Å². The van der Waals surface area contributed by atoms with Gasteiger partial charge in [0.15, 0.2) is 0 Å². The molecule has 0 aliphatic heterocycles. The molecule has 5 heteroatoms. The highest BCUT2D eigenvalue weighted by molar-refractivity contribution is 5.79. The molecule has 0 bridgehead atoms. The Morgan fingerprint density at radius 1 is 1.15 bits per heavy atom. The summed E-state index contributed by atoms with van der Waals surface area (Å²) in [6, 6.07) is 13.5. The molecule has 2 aliphatic rings. The van der Waals surface area contributed by atoms with Crippen molar-refractivity contribution in [3.63, 3.8) is 0 Å². The lowest BCUT2D eigenvalue weighted by Crippen LogP contribution is -2.25. The number of Topliss-reactive ketones (excluding diaryl/α,β-unsaturated/α-hetero) is 1. The molecule has 4 nitrogen and oxygen atoms in total. The van der Waals surface area contributed by atoms with Crippen LogP contribution in [0.25, 0.3) is 11.0 Å². The first-order valence-corrected chi connectivity index (χ1v) is 12.4. The molecule has 3 aromatic rings. The molecule has 2 saturated carbocycles. The molecule has 0 unspecified atom stereocenters. The van der Waals surface area contributed by atoms with E-state index in [4.69, 9.17) is 4.98 Å². The second kappa shape index (κ2) is 9.02. The summed E-state index contributed by atoms with van der Waals surface area (Å²) in [6.07, 6.45) is 8.68. The van der Waals surface area contributed by atoms with Gasteiger partial charge < -0.3 is 9.67 Å². The summed E-state index contributed by atoms with van der Waals surface area (Å²) in [4.78, 5) is 17.3. The summed E-state index contributed by atoms with van der Waals surface area (Å²) in [5.74, 6) is 1.35. The molecule has 1 heterocycles. The molecule has 2 aromatic carbocycles. The molecule has 2 fully saturated rings. The highest BCUT2D eigenvalue weighted by Gasteiger charge is 2.30. The van der Waals surface area contributed by atoms with Crippen molar-refractivity contribution >= 4 is 16.8 Å². The molecule has 0 spiro atoms. The standard InChI is InChI=1S/C28H33FN2O2/c1-28(33,20-8-3-2-4-9-20)18-22(32)12-5-6-13-27-30-25-17-24(29)23(19-14-15-19)16-26(25)31(27)21-10-7-11-21/h2-4,8-9,16-17,19,21,33H,5-7,10-15,18H2,1H3/t28-/m0/s1. The Morgan fingerprint density at radius 3 is 2.58 bits per heavy atom. The maximum absolute atomic E-state index is 14.6. The predicted octanol–water partition coefficient (Wildman–Crippen LogP) is 6.36. The van der Waals surface area contributed by atoms with Gasteiger partial charge in [-0.15, -0.1) is 0 Å². The van der Waals surface area contributed by atoms with E-state index in [9.17, 15) is 14.3 Å². The van der Waals surface area contributed by atoms with E-state index in [0.717, 1.165) is 72.9 Å². The van der Waals surface area contributed by atoms with E-state index in [1.54, 1.807) is 13.0 Å². The molecule has 33 heavy (non-hydrogen) atoms. The van der Waals surface area contributed by atoms with Crippen molar-refractivity contribution in [3.8, 4) is 0 Å². The minimum Gasteiger partial charge on any atom is -0.385 e. The molecule has 5 rings (SSSR count). The molecule has 174 valence electrons. The number of nitrogens with zero attached hydrogens (tertiary/aromatic N) is 2. The lowest BCUT2D eigenvalue weighted by Gasteiger charge is -2.29. The zero-order valence-electron chi connectivity index (χ0n) is 19.4. The quantitative estimate of drug-likeness (QED) is 0.367. The van der Waals surface area contributed by atoms with Crippen LogP contribution >= 0.6 is 0 Å². The molecule has 0 saturated heterocycles. The van der Waals surface area contributed by atoms with E-state index in [1.165, 1.54) is 6.42 Å². The van der Waals surface area contributed by atoms with Crippen molar-refractivity contribution in [2.45, 2.75) is 88.7 Å². The summed E-state index contributed by atoms with van der Waals surface area (Å²) in [5.41, 5.74) is 2.32. The molecule has 1 aromatic heterocycles. The minimum absolute atomic E-state index is 0.0764. The van der Waals surface area contributed by atoms with Crippen LogP contribution in [0.4, 0.5) is 4.39 Å². The highest BCUT2D eigenvalue weighted by Crippen LogP contribution is 2.43. The van der Waals surface area contributed by atoms with Crippen LogP contribution in [-0.4, -0.2) is 20.4 Å². The van der Waals surface area contributed by atoms with Crippen LogP contribution in [0.3, 0.4) is 0 Å². The molecule has 0 amide bonds. The normalized spacial score (nSPS) is 18.3. The number of hydrogen-bond donors (Lipinski definition) is 1. The Balaban J connectivity index is 1.23. The molecule has 1 N–H and O–H groups in total. The Morgan fingerprint density at radius 2 is 1.91 bits per heavy atom. The number of unbranched alkanes of at least 4 members (excludes halogenated alkanes) is 1. The highest BCUT2D eigenvalue weighted by atomic mass is 19.1. The zero-order valence-corrected chi connectivity index (χ0v) is 19.4. The molecule has 1 atom stereocenters. The van der Waals surface area contributed by atoms with Gasteiger partial charge in [0.2, 0.25) is 0 Å². The summed E-state index contributed by atoms with van der Waals surface area (Å²) in [5, 5.41) is 10.7. The van der Waals surface area contributed by atoms with Gasteiger partial charge in [-0.05, 0) is 75.0 Å². The number of aliphatic hydroxyl groups is 1. The van der Waals surface area contributed by atoms with Crippen molar-refractivity contribution in [2.75, 3.05) is 0 Å². The van der Waals surface area contributed by atoms with E-state index < -0.39 is 5.60 Å². The van der Waals surface area contributed by atoms with Crippen molar-refractivity contribution in [1.29, 1.82) is 0 Å². The summed E-state index contributed by atoms with van der Waals surface area (Å²) in [7, 11) is 0. The van der Waals surface area contributed by atoms with Crippen molar-refractivity contribution in [2.24, 2.45) is 0 Å². The van der Waals surface area contributed by atoms with Crippen LogP contribution in [0.1, 0.15) is 93.6 Å². The molecular formula is C28H33FN2O2. The largest absolute Gasteiger partial charge is 0.385 e. The Bertz CT molecular complexity index is 1140. The smallest absolute Gasteiger partial charge is 0.136 e. The van der Waals surface area contributed by atoms with Gasteiger partial charge in [-0.25, -0.2) is 9.37 Å². The number of benzene rings is 2. The first-order chi connectivity index (χ1) is 15.9. The Kier molecular flexibility index (Phi) is 6.09. The first kappa shape index (κ1) is 22.3. The SMILES string of the molecule is C[C@](O)(CC(=O)CCCCc1nc2cc(F)c(C3CC3)cc2n1C1CCC1)c1ccccc1. The number of halogens is 1. The summed E-state index contributed by atoms with van der Waals surface area (Å²) >= 11 is 0. The molecule has 2 aliphatic carbocycles. The number of fused-ring (bicyclic) bond motifs is 1. The van der Waals surface area contributed by atoms with E-state index in [2.05, 4.69) is 4.57 Å². The van der Waals surface area contributed by atoms with E-state index >= 15 is 0 Å². The molecular weight excluding hydrogens is 415 g/mol. The van der Waals surface area contributed by atoms with Gasteiger partial charge in [0.05, 0.1) is 16.6 Å². The van der Waals surface area contributed by atoms with E-state index in [0.29, 0.717) is 18.4 Å². The Labute approximate surface area is 194 Å². The summed E-state index contributed by atoms with van der Waals surface area (Å²) < 4.78 is 16.9. The topological polar surface area (TPSA) is 55.1 Å². The van der Waals surface area contributed by atoms with Crippen LogP contribution in [0.15, 0.2) is 42.5 Å². The third kappa shape index (κ3) is 4.74. The molecule has 0 radical (unpaired) electrons.